The second kappa shape index (κ2) is 9.06. The zero-order valence-corrected chi connectivity index (χ0v) is 17.1. The molecule has 0 aliphatic carbocycles. The van der Waals surface area contributed by atoms with E-state index in [2.05, 4.69) is 10.4 Å². The van der Waals surface area contributed by atoms with Gasteiger partial charge in [-0.05, 0) is 44.5 Å². The molecule has 1 atom stereocenters. The summed E-state index contributed by atoms with van der Waals surface area (Å²) in [6.07, 6.45) is 2.92. The first-order valence-corrected chi connectivity index (χ1v) is 9.04. The highest BCUT2D eigenvalue weighted by Gasteiger charge is 2.13. The molecule has 1 heterocycles. The van der Waals surface area contributed by atoms with Crippen LogP contribution in [0.5, 0.6) is 0 Å². The van der Waals surface area contributed by atoms with Crippen molar-refractivity contribution in [2.75, 3.05) is 6.61 Å². The third-order valence-electron chi connectivity index (χ3n) is 4.12. The van der Waals surface area contributed by atoms with Crippen LogP contribution in [-0.2, 0) is 21.4 Å². The molecule has 0 unspecified atom stereocenters. The zero-order valence-electron chi connectivity index (χ0n) is 15.5. The number of ether oxygens (including phenoxy) is 1. The summed E-state index contributed by atoms with van der Waals surface area (Å²) in [7, 11) is 1.83. The summed E-state index contributed by atoms with van der Waals surface area (Å²) >= 11 is 11.9. The van der Waals surface area contributed by atoms with E-state index < -0.39 is 11.9 Å². The SMILES string of the molecule is Cc1nn(C)c(C)c1/C=C/C(=O)OCC(=O)N[C@@H](C)c1ccc(Cl)c(Cl)c1. The molecule has 0 bridgehead atoms. The molecule has 144 valence electrons. The molecule has 0 saturated carbocycles. The van der Waals surface area contributed by atoms with Crippen LogP contribution in [0, 0.1) is 13.8 Å². The van der Waals surface area contributed by atoms with Gasteiger partial charge in [0.05, 0.1) is 21.8 Å². The Morgan fingerprint density at radius 3 is 2.59 bits per heavy atom. The Balaban J connectivity index is 1.86. The van der Waals surface area contributed by atoms with Gasteiger partial charge in [0.15, 0.2) is 6.61 Å². The average Bonchev–Trinajstić information content (AvgIpc) is 2.85. The molecule has 0 spiro atoms. The highest BCUT2D eigenvalue weighted by atomic mass is 35.5. The fraction of sp³-hybridized carbons (Fsp3) is 0.316. The molecule has 1 aromatic heterocycles. The molecule has 2 rings (SSSR count). The Bertz CT molecular complexity index is 891. The van der Waals surface area contributed by atoms with Crippen molar-refractivity contribution in [2.24, 2.45) is 7.05 Å². The van der Waals surface area contributed by atoms with Crippen LogP contribution in [0.3, 0.4) is 0 Å². The van der Waals surface area contributed by atoms with E-state index in [1.54, 1.807) is 35.9 Å². The fourth-order valence-corrected chi connectivity index (χ4v) is 2.82. The molecular weight excluding hydrogens is 389 g/mol. The van der Waals surface area contributed by atoms with E-state index in [1.165, 1.54) is 6.08 Å². The molecule has 8 heteroatoms. The van der Waals surface area contributed by atoms with Crippen LogP contribution in [0.1, 0.15) is 35.5 Å². The number of hydrogen-bond acceptors (Lipinski definition) is 4. The molecule has 27 heavy (non-hydrogen) atoms. The summed E-state index contributed by atoms with van der Waals surface area (Å²) in [6, 6.07) is 4.81. The van der Waals surface area contributed by atoms with Gasteiger partial charge in [-0.25, -0.2) is 4.79 Å². The number of nitrogens with one attached hydrogen (secondary N) is 1. The average molecular weight is 410 g/mol. The van der Waals surface area contributed by atoms with Gasteiger partial charge in [0.2, 0.25) is 0 Å². The second-order valence-electron chi connectivity index (χ2n) is 6.11. The predicted octanol–water partition coefficient (Wildman–Crippen LogP) is 3.78. The van der Waals surface area contributed by atoms with E-state index in [0.717, 1.165) is 22.5 Å². The first-order chi connectivity index (χ1) is 12.7. The Labute approximate surface area is 168 Å². The van der Waals surface area contributed by atoms with Gasteiger partial charge in [0.25, 0.3) is 5.91 Å². The smallest absolute Gasteiger partial charge is 0.331 e. The van der Waals surface area contributed by atoms with Crippen LogP contribution in [-0.4, -0.2) is 28.3 Å². The monoisotopic (exact) mass is 409 g/mol. The van der Waals surface area contributed by atoms with E-state index in [4.69, 9.17) is 27.9 Å². The number of rotatable bonds is 6. The molecule has 1 amide bonds. The number of nitrogens with zero attached hydrogens (tertiary/aromatic N) is 2. The second-order valence-corrected chi connectivity index (χ2v) is 6.93. The quantitative estimate of drug-likeness (QED) is 0.581. The summed E-state index contributed by atoms with van der Waals surface area (Å²) in [5.41, 5.74) is 3.40. The third kappa shape index (κ3) is 5.58. The van der Waals surface area contributed by atoms with Crippen LogP contribution >= 0.6 is 23.2 Å². The summed E-state index contributed by atoms with van der Waals surface area (Å²) in [6.45, 7) is 5.19. The van der Waals surface area contributed by atoms with Gasteiger partial charge >= 0.3 is 5.97 Å². The number of halogens is 2. The van der Waals surface area contributed by atoms with Crippen molar-refractivity contribution in [3.8, 4) is 0 Å². The van der Waals surface area contributed by atoms with Crippen LogP contribution in [0.25, 0.3) is 6.08 Å². The lowest BCUT2D eigenvalue weighted by Crippen LogP contribution is -2.30. The first-order valence-electron chi connectivity index (χ1n) is 8.28. The van der Waals surface area contributed by atoms with Crippen molar-refractivity contribution in [3.63, 3.8) is 0 Å². The molecule has 0 aliphatic heterocycles. The van der Waals surface area contributed by atoms with Crippen LogP contribution in [0.2, 0.25) is 10.0 Å². The molecule has 0 aliphatic rings. The van der Waals surface area contributed by atoms with Crippen LogP contribution in [0.15, 0.2) is 24.3 Å². The normalized spacial score (nSPS) is 12.2. The van der Waals surface area contributed by atoms with Crippen molar-refractivity contribution < 1.29 is 14.3 Å². The molecule has 6 nitrogen and oxygen atoms in total. The molecule has 1 aromatic carbocycles. The predicted molar refractivity (Wildman–Crippen MR) is 106 cm³/mol. The van der Waals surface area contributed by atoms with Crippen molar-refractivity contribution in [3.05, 3.63) is 56.8 Å². The fourth-order valence-electron chi connectivity index (χ4n) is 2.52. The van der Waals surface area contributed by atoms with Gasteiger partial charge in [-0.2, -0.15) is 5.10 Å². The van der Waals surface area contributed by atoms with E-state index in [9.17, 15) is 9.59 Å². The summed E-state index contributed by atoms with van der Waals surface area (Å²) in [5.74, 6) is -1.01. The van der Waals surface area contributed by atoms with Gasteiger partial charge in [-0.1, -0.05) is 29.3 Å². The maximum atomic E-state index is 12.0. The minimum atomic E-state index is -0.602. The van der Waals surface area contributed by atoms with E-state index >= 15 is 0 Å². The maximum absolute atomic E-state index is 12.0. The van der Waals surface area contributed by atoms with E-state index in [0.29, 0.717) is 10.0 Å². The summed E-state index contributed by atoms with van der Waals surface area (Å²) < 4.78 is 6.71. The number of hydrogen-bond donors (Lipinski definition) is 1. The summed E-state index contributed by atoms with van der Waals surface area (Å²) in [4.78, 5) is 23.8. The Morgan fingerprint density at radius 1 is 1.30 bits per heavy atom. The molecule has 1 N–H and O–H groups in total. The number of amides is 1. The molecular formula is C19H21Cl2N3O3. The highest BCUT2D eigenvalue weighted by Crippen LogP contribution is 2.25. The minimum Gasteiger partial charge on any atom is -0.452 e. The number of aryl methyl sites for hydroxylation is 2. The first kappa shape index (κ1) is 21.0. The van der Waals surface area contributed by atoms with Crippen molar-refractivity contribution in [2.45, 2.75) is 26.8 Å². The van der Waals surface area contributed by atoms with E-state index in [-0.39, 0.29) is 12.6 Å². The lowest BCUT2D eigenvalue weighted by atomic mass is 10.1. The van der Waals surface area contributed by atoms with Crippen LogP contribution in [0.4, 0.5) is 0 Å². The van der Waals surface area contributed by atoms with Crippen molar-refractivity contribution in [1.82, 2.24) is 15.1 Å². The minimum absolute atomic E-state index is 0.304. The number of aromatic nitrogens is 2. The number of carbonyl (C=O) groups is 2. The lowest BCUT2D eigenvalue weighted by Gasteiger charge is -2.14. The Kier molecular flexibility index (Phi) is 7.05. The standard InChI is InChI=1S/C19H21Cl2N3O3/c1-11(14-5-7-16(20)17(21)9-14)22-18(25)10-27-19(26)8-6-15-12(2)23-24(4)13(15)3/h5-9,11H,10H2,1-4H3,(H,22,25)/b8-6+/t11-/m0/s1. The molecule has 0 radical (unpaired) electrons. The van der Waals surface area contributed by atoms with Gasteiger partial charge in [0.1, 0.15) is 0 Å². The van der Waals surface area contributed by atoms with Gasteiger partial charge in [0, 0.05) is 24.4 Å². The maximum Gasteiger partial charge on any atom is 0.331 e. The topological polar surface area (TPSA) is 73.2 Å². The Morgan fingerprint density at radius 2 is 2.00 bits per heavy atom. The largest absolute Gasteiger partial charge is 0.452 e. The Hall–Kier alpha value is -2.31. The van der Waals surface area contributed by atoms with Crippen molar-refractivity contribution in [1.29, 1.82) is 0 Å². The number of esters is 1. The molecule has 0 fully saturated rings. The van der Waals surface area contributed by atoms with Gasteiger partial charge in [-0.15, -0.1) is 0 Å². The third-order valence-corrected chi connectivity index (χ3v) is 4.86. The molecule has 0 saturated heterocycles. The van der Waals surface area contributed by atoms with Crippen LogP contribution < -0.4 is 5.32 Å². The van der Waals surface area contributed by atoms with Crippen molar-refractivity contribution >= 4 is 41.2 Å². The lowest BCUT2D eigenvalue weighted by molar-refractivity contribution is -0.144. The number of benzene rings is 1. The summed E-state index contributed by atoms with van der Waals surface area (Å²) in [5, 5.41) is 7.86. The number of carbonyl (C=O) groups excluding carboxylic acids is 2. The van der Waals surface area contributed by atoms with Gasteiger partial charge in [-0.3, -0.25) is 9.48 Å². The molecule has 2 aromatic rings. The highest BCUT2D eigenvalue weighted by molar-refractivity contribution is 6.42. The zero-order chi connectivity index (χ0) is 20.1. The van der Waals surface area contributed by atoms with Gasteiger partial charge < -0.3 is 10.1 Å². The van der Waals surface area contributed by atoms with E-state index in [1.807, 2.05) is 20.9 Å².